The van der Waals surface area contributed by atoms with Crippen molar-refractivity contribution in [3.05, 3.63) is 72.3 Å². The lowest BCUT2D eigenvalue weighted by atomic mass is 9.94. The highest BCUT2D eigenvalue weighted by Crippen LogP contribution is 2.17. The summed E-state index contributed by atoms with van der Waals surface area (Å²) in [5.74, 6) is 0.144. The Labute approximate surface area is 126 Å². The Bertz CT molecular complexity index is 589. The first-order valence-corrected chi connectivity index (χ1v) is 7.26. The lowest BCUT2D eigenvalue weighted by Gasteiger charge is -2.16. The molecule has 0 aromatic heterocycles. The molecule has 0 aliphatic carbocycles. The van der Waals surface area contributed by atoms with Crippen molar-refractivity contribution in [2.75, 3.05) is 5.32 Å². The SMILES string of the molecule is CC(C(=O)Nc1ccccc1)[C@H](C)/C=C/c1ccccc1. The molecule has 2 aromatic rings. The Hall–Kier alpha value is -2.35. The molecule has 0 spiro atoms. The van der Waals surface area contributed by atoms with Crippen molar-refractivity contribution in [2.45, 2.75) is 13.8 Å². The van der Waals surface area contributed by atoms with E-state index in [9.17, 15) is 4.79 Å². The summed E-state index contributed by atoms with van der Waals surface area (Å²) in [6, 6.07) is 19.7. The van der Waals surface area contributed by atoms with E-state index in [0.717, 1.165) is 11.3 Å². The second-order valence-corrected chi connectivity index (χ2v) is 5.27. The zero-order valence-corrected chi connectivity index (χ0v) is 12.5. The van der Waals surface area contributed by atoms with Gasteiger partial charge in [-0.15, -0.1) is 0 Å². The van der Waals surface area contributed by atoms with Gasteiger partial charge in [-0.3, -0.25) is 4.79 Å². The smallest absolute Gasteiger partial charge is 0.227 e. The van der Waals surface area contributed by atoms with Gasteiger partial charge in [0.1, 0.15) is 0 Å². The van der Waals surface area contributed by atoms with Gasteiger partial charge in [0.2, 0.25) is 5.91 Å². The van der Waals surface area contributed by atoms with Crippen LogP contribution in [0.25, 0.3) is 6.08 Å². The summed E-state index contributed by atoms with van der Waals surface area (Å²) in [5, 5.41) is 2.95. The first-order valence-electron chi connectivity index (χ1n) is 7.26. The van der Waals surface area contributed by atoms with Crippen LogP contribution in [0.5, 0.6) is 0 Å². The molecule has 1 amide bonds. The Kier molecular flexibility index (Phi) is 5.33. The lowest BCUT2D eigenvalue weighted by molar-refractivity contribution is -0.120. The number of rotatable bonds is 5. The van der Waals surface area contributed by atoms with Crippen LogP contribution in [-0.2, 0) is 4.79 Å². The van der Waals surface area contributed by atoms with E-state index in [0.29, 0.717) is 0 Å². The highest BCUT2D eigenvalue weighted by molar-refractivity contribution is 5.92. The van der Waals surface area contributed by atoms with Crippen molar-refractivity contribution in [1.29, 1.82) is 0 Å². The van der Waals surface area contributed by atoms with E-state index in [1.165, 1.54) is 0 Å². The summed E-state index contributed by atoms with van der Waals surface area (Å²) in [6.45, 7) is 4.02. The molecule has 0 aliphatic heterocycles. The third kappa shape index (κ3) is 4.60. The van der Waals surface area contributed by atoms with Crippen molar-refractivity contribution in [3.63, 3.8) is 0 Å². The molecule has 0 aliphatic rings. The topological polar surface area (TPSA) is 29.1 Å². The molecule has 0 heterocycles. The maximum atomic E-state index is 12.2. The van der Waals surface area contributed by atoms with E-state index in [1.807, 2.05) is 55.5 Å². The van der Waals surface area contributed by atoms with Crippen LogP contribution in [0.4, 0.5) is 5.69 Å². The average molecular weight is 279 g/mol. The van der Waals surface area contributed by atoms with E-state index in [1.54, 1.807) is 0 Å². The van der Waals surface area contributed by atoms with Crippen LogP contribution < -0.4 is 5.32 Å². The van der Waals surface area contributed by atoms with Crippen LogP contribution in [0.3, 0.4) is 0 Å². The van der Waals surface area contributed by atoms with Gasteiger partial charge in [0.05, 0.1) is 0 Å². The van der Waals surface area contributed by atoms with Crippen LogP contribution in [0, 0.1) is 11.8 Å². The summed E-state index contributed by atoms with van der Waals surface area (Å²) in [5.41, 5.74) is 1.99. The molecule has 2 rings (SSSR count). The monoisotopic (exact) mass is 279 g/mol. The van der Waals surface area contributed by atoms with E-state index in [-0.39, 0.29) is 17.7 Å². The van der Waals surface area contributed by atoms with Gasteiger partial charge in [-0.2, -0.15) is 0 Å². The van der Waals surface area contributed by atoms with E-state index < -0.39 is 0 Å². The maximum Gasteiger partial charge on any atom is 0.227 e. The van der Waals surface area contributed by atoms with Gasteiger partial charge in [-0.1, -0.05) is 74.5 Å². The highest BCUT2D eigenvalue weighted by Gasteiger charge is 2.18. The molecule has 0 fully saturated rings. The Balaban J connectivity index is 1.94. The highest BCUT2D eigenvalue weighted by atomic mass is 16.1. The lowest BCUT2D eigenvalue weighted by Crippen LogP contribution is -2.24. The van der Waals surface area contributed by atoms with Gasteiger partial charge in [0.15, 0.2) is 0 Å². The fourth-order valence-electron chi connectivity index (χ4n) is 2.01. The van der Waals surface area contributed by atoms with Crippen molar-refractivity contribution in [3.8, 4) is 0 Å². The number of anilines is 1. The predicted molar refractivity (Wildman–Crippen MR) is 88.9 cm³/mol. The van der Waals surface area contributed by atoms with Gasteiger partial charge in [-0.05, 0) is 23.6 Å². The van der Waals surface area contributed by atoms with Gasteiger partial charge in [0.25, 0.3) is 0 Å². The zero-order valence-electron chi connectivity index (χ0n) is 12.5. The third-order valence-electron chi connectivity index (χ3n) is 3.64. The molecule has 2 heteroatoms. The number of hydrogen-bond donors (Lipinski definition) is 1. The summed E-state index contributed by atoms with van der Waals surface area (Å²) in [6.07, 6.45) is 4.15. The van der Waals surface area contributed by atoms with E-state index in [2.05, 4.69) is 36.5 Å². The summed E-state index contributed by atoms with van der Waals surface area (Å²) >= 11 is 0. The first-order chi connectivity index (χ1) is 10.2. The minimum atomic E-state index is -0.0785. The largest absolute Gasteiger partial charge is 0.326 e. The van der Waals surface area contributed by atoms with E-state index >= 15 is 0 Å². The molecule has 21 heavy (non-hydrogen) atoms. The zero-order chi connectivity index (χ0) is 15.1. The molecule has 2 atom stereocenters. The van der Waals surface area contributed by atoms with Crippen molar-refractivity contribution in [1.82, 2.24) is 0 Å². The molecule has 0 radical (unpaired) electrons. The second kappa shape index (κ2) is 7.44. The standard InChI is InChI=1S/C19H21NO/c1-15(13-14-17-9-5-3-6-10-17)16(2)19(21)20-18-11-7-4-8-12-18/h3-16H,1-2H3,(H,20,21)/b14-13+/t15-,16?/m1/s1. The maximum absolute atomic E-state index is 12.2. The summed E-state index contributed by atoms with van der Waals surface area (Å²) < 4.78 is 0. The number of hydrogen-bond acceptors (Lipinski definition) is 1. The predicted octanol–water partition coefficient (Wildman–Crippen LogP) is 4.61. The molecule has 0 saturated carbocycles. The second-order valence-electron chi connectivity index (χ2n) is 5.27. The van der Waals surface area contributed by atoms with Gasteiger partial charge < -0.3 is 5.32 Å². The third-order valence-corrected chi connectivity index (χ3v) is 3.64. The molecule has 2 aromatic carbocycles. The van der Waals surface area contributed by atoms with Crippen LogP contribution >= 0.6 is 0 Å². The quantitative estimate of drug-likeness (QED) is 0.850. The molecule has 1 unspecified atom stereocenters. The number of allylic oxidation sites excluding steroid dienone is 1. The molecule has 0 saturated heterocycles. The van der Waals surface area contributed by atoms with Crippen LogP contribution in [0.1, 0.15) is 19.4 Å². The van der Waals surface area contributed by atoms with Gasteiger partial charge in [-0.25, -0.2) is 0 Å². The molecule has 2 nitrogen and oxygen atoms in total. The van der Waals surface area contributed by atoms with Crippen LogP contribution in [-0.4, -0.2) is 5.91 Å². The number of nitrogens with one attached hydrogen (secondary N) is 1. The molecular formula is C19H21NO. The van der Waals surface area contributed by atoms with Crippen LogP contribution in [0.2, 0.25) is 0 Å². The molecule has 108 valence electrons. The number of amides is 1. The van der Waals surface area contributed by atoms with Gasteiger partial charge in [0, 0.05) is 11.6 Å². The first kappa shape index (κ1) is 15.0. The Morgan fingerprint density at radius 3 is 2.14 bits per heavy atom. The summed E-state index contributed by atoms with van der Waals surface area (Å²) in [4.78, 5) is 12.2. The molecular weight excluding hydrogens is 258 g/mol. The normalized spacial score (nSPS) is 13.8. The minimum absolute atomic E-state index is 0.0476. The number of para-hydroxylation sites is 1. The summed E-state index contributed by atoms with van der Waals surface area (Å²) in [7, 11) is 0. The fourth-order valence-corrected chi connectivity index (χ4v) is 2.01. The average Bonchev–Trinajstić information content (AvgIpc) is 2.53. The van der Waals surface area contributed by atoms with Crippen LogP contribution in [0.15, 0.2) is 66.7 Å². The number of carbonyl (C=O) groups is 1. The van der Waals surface area contributed by atoms with E-state index in [4.69, 9.17) is 0 Å². The minimum Gasteiger partial charge on any atom is -0.326 e. The van der Waals surface area contributed by atoms with Crippen molar-refractivity contribution < 1.29 is 4.79 Å². The Morgan fingerprint density at radius 1 is 0.952 bits per heavy atom. The fraction of sp³-hybridized carbons (Fsp3) is 0.211. The molecule has 0 bridgehead atoms. The molecule has 1 N–H and O–H groups in total. The Morgan fingerprint density at radius 2 is 1.52 bits per heavy atom. The number of benzene rings is 2. The number of carbonyl (C=O) groups excluding carboxylic acids is 1. The van der Waals surface area contributed by atoms with Crippen molar-refractivity contribution >= 4 is 17.7 Å². The van der Waals surface area contributed by atoms with Crippen molar-refractivity contribution in [2.24, 2.45) is 11.8 Å². The van der Waals surface area contributed by atoms with Gasteiger partial charge >= 0.3 is 0 Å².